The molecule has 5 rings (SSSR count). The van der Waals surface area contributed by atoms with Gasteiger partial charge in [0.05, 0.1) is 10.2 Å². The maximum Gasteiger partial charge on any atom is 0.264 e. The Morgan fingerprint density at radius 1 is 1.18 bits per heavy atom. The van der Waals surface area contributed by atoms with Crippen molar-refractivity contribution in [2.45, 2.75) is 31.7 Å². The molecule has 1 amide bonds. The number of rotatable bonds is 5. The second-order valence-electron chi connectivity index (χ2n) is 8.45. The van der Waals surface area contributed by atoms with Crippen molar-refractivity contribution in [1.82, 2.24) is 20.3 Å². The Bertz CT molecular complexity index is 1150. The van der Waals surface area contributed by atoms with E-state index < -0.39 is 0 Å². The van der Waals surface area contributed by atoms with Gasteiger partial charge < -0.3 is 21.3 Å². The summed E-state index contributed by atoms with van der Waals surface area (Å²) in [5, 5.41) is 7.57. The van der Waals surface area contributed by atoms with E-state index in [9.17, 15) is 9.59 Å². The van der Waals surface area contributed by atoms with Gasteiger partial charge in [-0.15, -0.1) is 23.7 Å². The third kappa shape index (κ3) is 4.97. The third-order valence-electron chi connectivity index (χ3n) is 6.25. The summed E-state index contributed by atoms with van der Waals surface area (Å²) >= 11 is 1.49. The molecule has 2 aliphatic rings. The predicted molar refractivity (Wildman–Crippen MR) is 134 cm³/mol. The number of para-hydroxylation sites is 1. The van der Waals surface area contributed by atoms with E-state index in [0.717, 1.165) is 36.1 Å². The Kier molecular flexibility index (Phi) is 7.16. The minimum Gasteiger partial charge on any atom is -0.369 e. The number of aromatic nitrogens is 3. The first-order chi connectivity index (χ1) is 15.6. The molecule has 1 aromatic carbocycles. The number of piperidine rings is 2. The fraction of sp³-hybridized carbons (Fsp3) is 0.455. The molecule has 1 atom stereocenters. The SMILES string of the molecule is Cl.NC(=O)C1CCN(c2nc(N[C@@H]3CCCNC3)c(-c3nc4ccccc4s3)c(=O)[nH]2)CC1. The molecule has 4 heterocycles. The van der Waals surface area contributed by atoms with Crippen LogP contribution >= 0.6 is 23.7 Å². The number of anilines is 2. The van der Waals surface area contributed by atoms with Gasteiger partial charge in [-0.25, -0.2) is 4.98 Å². The van der Waals surface area contributed by atoms with Crippen molar-refractivity contribution in [2.75, 3.05) is 36.4 Å². The Morgan fingerprint density at radius 2 is 1.97 bits per heavy atom. The smallest absolute Gasteiger partial charge is 0.264 e. The quantitative estimate of drug-likeness (QED) is 0.433. The molecular weight excluding hydrogens is 462 g/mol. The zero-order chi connectivity index (χ0) is 22.1. The highest BCUT2D eigenvalue weighted by atomic mass is 35.5. The molecule has 5 N–H and O–H groups in total. The summed E-state index contributed by atoms with van der Waals surface area (Å²) in [4.78, 5) is 39.4. The lowest BCUT2D eigenvalue weighted by Crippen LogP contribution is -2.41. The number of carbonyl (C=O) groups is 1. The summed E-state index contributed by atoms with van der Waals surface area (Å²) in [5.41, 5.74) is 6.61. The highest BCUT2D eigenvalue weighted by Gasteiger charge is 2.27. The maximum absolute atomic E-state index is 13.3. The number of H-pyrrole nitrogens is 1. The lowest BCUT2D eigenvalue weighted by molar-refractivity contribution is -0.122. The summed E-state index contributed by atoms with van der Waals surface area (Å²) < 4.78 is 1.03. The van der Waals surface area contributed by atoms with Gasteiger partial charge in [0.25, 0.3) is 5.56 Å². The van der Waals surface area contributed by atoms with E-state index >= 15 is 0 Å². The molecule has 11 heteroatoms. The first kappa shape index (κ1) is 23.5. The molecule has 0 radical (unpaired) electrons. The number of aromatic amines is 1. The molecule has 0 unspecified atom stereocenters. The standard InChI is InChI=1S/C22H27N7O2S.ClH/c23-18(30)13-7-10-29(11-8-13)22-27-19(25-14-4-3-9-24-12-14)17(20(31)28-22)21-26-15-5-1-2-6-16(15)32-21;/h1-2,5-6,13-14,24H,3-4,7-12H2,(H2,23,30)(H2,25,27,28,31);1H/t14-;/m1./s1. The van der Waals surface area contributed by atoms with E-state index in [2.05, 4.69) is 15.6 Å². The average Bonchev–Trinajstić information content (AvgIpc) is 3.23. The van der Waals surface area contributed by atoms with Gasteiger partial charge in [-0.3, -0.25) is 14.6 Å². The molecule has 2 fully saturated rings. The van der Waals surface area contributed by atoms with Crippen molar-refractivity contribution in [1.29, 1.82) is 0 Å². The molecule has 0 aliphatic carbocycles. The van der Waals surface area contributed by atoms with Crippen LogP contribution in [0.15, 0.2) is 29.1 Å². The summed E-state index contributed by atoms with van der Waals surface area (Å²) in [6.07, 6.45) is 3.41. The van der Waals surface area contributed by atoms with Crippen molar-refractivity contribution >= 4 is 51.6 Å². The molecule has 2 aliphatic heterocycles. The topological polar surface area (TPSA) is 129 Å². The van der Waals surface area contributed by atoms with E-state index in [1.165, 1.54) is 11.3 Å². The summed E-state index contributed by atoms with van der Waals surface area (Å²) in [5.74, 6) is 0.706. The number of nitrogens with zero attached hydrogens (tertiary/aromatic N) is 3. The van der Waals surface area contributed by atoms with Crippen LogP contribution in [0.25, 0.3) is 20.8 Å². The maximum atomic E-state index is 13.3. The number of hydrogen-bond donors (Lipinski definition) is 4. The lowest BCUT2D eigenvalue weighted by atomic mass is 9.96. The minimum atomic E-state index is -0.260. The highest BCUT2D eigenvalue weighted by Crippen LogP contribution is 2.33. The number of carbonyl (C=O) groups excluding carboxylic acids is 1. The van der Waals surface area contributed by atoms with Gasteiger partial charge in [0.1, 0.15) is 16.4 Å². The number of halogens is 1. The molecule has 0 bridgehead atoms. The van der Waals surface area contributed by atoms with Crippen LogP contribution in [0.2, 0.25) is 0 Å². The van der Waals surface area contributed by atoms with Crippen LogP contribution < -0.4 is 26.8 Å². The molecule has 3 aromatic rings. The lowest BCUT2D eigenvalue weighted by Gasteiger charge is -2.31. The monoisotopic (exact) mass is 489 g/mol. The predicted octanol–water partition coefficient (Wildman–Crippen LogP) is 2.33. The fourth-order valence-corrected chi connectivity index (χ4v) is 5.45. The fourth-order valence-electron chi connectivity index (χ4n) is 4.44. The first-order valence-electron chi connectivity index (χ1n) is 11.1. The normalized spacial score (nSPS) is 19.3. The second kappa shape index (κ2) is 10.1. The Labute approximate surface area is 201 Å². The molecule has 2 saturated heterocycles. The summed E-state index contributed by atoms with van der Waals surface area (Å²) in [7, 11) is 0. The van der Waals surface area contributed by atoms with Crippen LogP contribution in [0.4, 0.5) is 11.8 Å². The molecule has 2 aromatic heterocycles. The van der Waals surface area contributed by atoms with E-state index in [1.807, 2.05) is 29.2 Å². The summed E-state index contributed by atoms with van der Waals surface area (Å²) in [6, 6.07) is 8.07. The minimum absolute atomic E-state index is 0. The molecule has 0 saturated carbocycles. The average molecular weight is 490 g/mol. The number of benzene rings is 1. The van der Waals surface area contributed by atoms with E-state index in [0.29, 0.717) is 48.3 Å². The van der Waals surface area contributed by atoms with Gasteiger partial charge in [0, 0.05) is 31.6 Å². The number of primary amides is 1. The molecule has 33 heavy (non-hydrogen) atoms. The van der Waals surface area contributed by atoms with Crippen LogP contribution in [-0.4, -0.2) is 53.1 Å². The molecule has 176 valence electrons. The number of thiazole rings is 1. The van der Waals surface area contributed by atoms with Crippen LogP contribution in [0.5, 0.6) is 0 Å². The molecular formula is C22H28ClN7O2S. The number of fused-ring (bicyclic) bond motifs is 1. The van der Waals surface area contributed by atoms with Gasteiger partial charge in [0.2, 0.25) is 11.9 Å². The number of nitrogens with two attached hydrogens (primary N) is 1. The Balaban J connectivity index is 0.00000259. The van der Waals surface area contributed by atoms with Gasteiger partial charge >= 0.3 is 0 Å². The number of hydrogen-bond acceptors (Lipinski definition) is 8. The highest BCUT2D eigenvalue weighted by molar-refractivity contribution is 7.21. The number of amides is 1. The second-order valence-corrected chi connectivity index (χ2v) is 9.48. The van der Waals surface area contributed by atoms with Crippen molar-refractivity contribution in [3.05, 3.63) is 34.6 Å². The summed E-state index contributed by atoms with van der Waals surface area (Å²) in [6.45, 7) is 3.09. The van der Waals surface area contributed by atoms with Gasteiger partial charge in [-0.05, 0) is 44.4 Å². The van der Waals surface area contributed by atoms with E-state index in [1.54, 1.807) is 0 Å². The third-order valence-corrected chi connectivity index (χ3v) is 7.30. The molecule has 0 spiro atoms. The van der Waals surface area contributed by atoms with E-state index in [-0.39, 0.29) is 35.8 Å². The van der Waals surface area contributed by atoms with Crippen molar-refractivity contribution in [3.63, 3.8) is 0 Å². The Morgan fingerprint density at radius 3 is 2.67 bits per heavy atom. The van der Waals surface area contributed by atoms with Gasteiger partial charge in [-0.1, -0.05) is 12.1 Å². The van der Waals surface area contributed by atoms with Crippen molar-refractivity contribution in [3.8, 4) is 10.6 Å². The largest absolute Gasteiger partial charge is 0.369 e. The number of nitrogens with one attached hydrogen (secondary N) is 3. The van der Waals surface area contributed by atoms with E-state index in [4.69, 9.17) is 15.7 Å². The molecule has 9 nitrogen and oxygen atoms in total. The zero-order valence-electron chi connectivity index (χ0n) is 18.2. The van der Waals surface area contributed by atoms with Crippen LogP contribution in [0.3, 0.4) is 0 Å². The van der Waals surface area contributed by atoms with Crippen LogP contribution in [-0.2, 0) is 4.79 Å². The first-order valence-corrected chi connectivity index (χ1v) is 11.9. The van der Waals surface area contributed by atoms with Gasteiger partial charge in [-0.2, -0.15) is 4.98 Å². The zero-order valence-corrected chi connectivity index (χ0v) is 19.8. The van der Waals surface area contributed by atoms with Gasteiger partial charge in [0.15, 0.2) is 0 Å². The van der Waals surface area contributed by atoms with Crippen molar-refractivity contribution in [2.24, 2.45) is 11.7 Å². The van der Waals surface area contributed by atoms with Crippen molar-refractivity contribution < 1.29 is 4.79 Å². The Hall–Kier alpha value is -2.69. The van der Waals surface area contributed by atoms with Crippen LogP contribution in [0.1, 0.15) is 25.7 Å². The van der Waals surface area contributed by atoms with Crippen LogP contribution in [0, 0.1) is 5.92 Å².